The molecule has 0 bridgehead atoms. The Morgan fingerprint density at radius 2 is 2.09 bits per heavy atom. The Morgan fingerprint density at radius 1 is 1.34 bits per heavy atom. The lowest BCUT2D eigenvalue weighted by molar-refractivity contribution is 0.102. The number of nitriles is 1. The maximum Gasteiger partial charge on any atom is 0.330 e. The number of aryl methyl sites for hydroxylation is 2. The third-order valence-electron chi connectivity index (χ3n) is 5.34. The molecular formula is C22H25N7O3. The fourth-order valence-corrected chi connectivity index (χ4v) is 3.75. The second-order valence-electron chi connectivity index (χ2n) is 8.59. The van der Waals surface area contributed by atoms with Crippen LogP contribution >= 0.6 is 0 Å². The van der Waals surface area contributed by atoms with E-state index in [-0.39, 0.29) is 34.9 Å². The molecule has 0 aromatic carbocycles. The number of rotatable bonds is 7. The number of nitrogens with zero attached hydrogens (tertiary/aromatic N) is 5. The highest BCUT2D eigenvalue weighted by atomic mass is 16.2. The summed E-state index contributed by atoms with van der Waals surface area (Å²) < 4.78 is 2.99. The van der Waals surface area contributed by atoms with Crippen LogP contribution in [0.2, 0.25) is 0 Å². The first kappa shape index (κ1) is 21.5. The molecule has 1 fully saturated rings. The normalized spacial score (nSPS) is 13.5. The van der Waals surface area contributed by atoms with Crippen LogP contribution in [0.4, 0.5) is 5.82 Å². The molecule has 10 nitrogen and oxygen atoms in total. The van der Waals surface area contributed by atoms with E-state index in [0.29, 0.717) is 30.3 Å². The number of pyridine rings is 1. The predicted molar refractivity (Wildman–Crippen MR) is 119 cm³/mol. The average Bonchev–Trinajstić information content (AvgIpc) is 3.52. The van der Waals surface area contributed by atoms with E-state index in [2.05, 4.69) is 26.5 Å². The molecule has 0 atom stereocenters. The van der Waals surface area contributed by atoms with Crippen molar-refractivity contribution in [1.29, 1.82) is 5.26 Å². The van der Waals surface area contributed by atoms with Gasteiger partial charge in [-0.15, -0.1) is 0 Å². The van der Waals surface area contributed by atoms with Gasteiger partial charge in [0.05, 0.1) is 35.7 Å². The van der Waals surface area contributed by atoms with Gasteiger partial charge in [0.2, 0.25) is 0 Å². The molecule has 1 saturated carbocycles. The van der Waals surface area contributed by atoms with Gasteiger partial charge in [0.25, 0.3) is 11.5 Å². The predicted octanol–water partition coefficient (Wildman–Crippen LogP) is 2.29. The quantitative estimate of drug-likeness (QED) is 0.584. The van der Waals surface area contributed by atoms with Gasteiger partial charge in [-0.1, -0.05) is 13.8 Å². The number of anilines is 1. The van der Waals surface area contributed by atoms with Gasteiger partial charge in [0, 0.05) is 24.2 Å². The van der Waals surface area contributed by atoms with Crippen LogP contribution in [0.3, 0.4) is 0 Å². The highest BCUT2D eigenvalue weighted by Gasteiger charge is 2.29. The molecule has 1 aliphatic carbocycles. The van der Waals surface area contributed by atoms with E-state index in [9.17, 15) is 14.4 Å². The van der Waals surface area contributed by atoms with Crippen molar-refractivity contribution < 1.29 is 4.79 Å². The van der Waals surface area contributed by atoms with Gasteiger partial charge in [-0.05, 0) is 31.7 Å². The first-order valence-corrected chi connectivity index (χ1v) is 10.7. The minimum atomic E-state index is -0.640. The zero-order chi connectivity index (χ0) is 23.0. The van der Waals surface area contributed by atoms with Crippen molar-refractivity contribution in [3.63, 3.8) is 0 Å². The first-order chi connectivity index (χ1) is 15.3. The van der Waals surface area contributed by atoms with E-state index in [1.165, 1.54) is 4.57 Å². The van der Waals surface area contributed by atoms with Crippen molar-refractivity contribution in [3.05, 3.63) is 49.9 Å². The van der Waals surface area contributed by atoms with Gasteiger partial charge in [-0.3, -0.25) is 19.1 Å². The first-order valence-electron chi connectivity index (χ1n) is 10.7. The van der Waals surface area contributed by atoms with Crippen LogP contribution in [0, 0.1) is 24.2 Å². The molecule has 4 rings (SSSR count). The molecule has 3 aromatic rings. The van der Waals surface area contributed by atoms with Gasteiger partial charge in [0.1, 0.15) is 5.82 Å². The van der Waals surface area contributed by atoms with Crippen LogP contribution in [0.15, 0.2) is 21.7 Å². The highest BCUT2D eigenvalue weighted by molar-refractivity contribution is 6.11. The molecule has 10 heteroatoms. The van der Waals surface area contributed by atoms with Gasteiger partial charge in [0.15, 0.2) is 5.65 Å². The lowest BCUT2D eigenvalue weighted by Crippen LogP contribution is -2.33. The molecule has 32 heavy (non-hydrogen) atoms. The largest absolute Gasteiger partial charge is 0.330 e. The Kier molecular flexibility index (Phi) is 5.65. The van der Waals surface area contributed by atoms with Gasteiger partial charge in [-0.2, -0.15) is 10.4 Å². The lowest BCUT2D eigenvalue weighted by Gasteiger charge is -2.15. The van der Waals surface area contributed by atoms with Crippen molar-refractivity contribution in [3.8, 4) is 6.07 Å². The monoisotopic (exact) mass is 435 g/mol. The summed E-state index contributed by atoms with van der Waals surface area (Å²) in [6, 6.07) is 5.42. The SMILES string of the molecule is Cc1cc(NC(=O)c2cc(C3CC3)nc3c2c(=O)[nH]c(=O)n3CC(C)C)n(CCC#N)n1. The summed E-state index contributed by atoms with van der Waals surface area (Å²) in [7, 11) is 0. The Hall–Kier alpha value is -3.74. The van der Waals surface area contributed by atoms with Crippen LogP contribution in [-0.2, 0) is 13.1 Å². The molecule has 0 radical (unpaired) electrons. The standard InChI is InChI=1S/C22H25N7O3/c1-12(2)11-28-19-18(21(31)26-22(28)32)15(10-16(24-19)14-5-6-14)20(30)25-17-9-13(3)27-29(17)8-4-7-23/h9-10,12,14H,4-6,8,11H2,1-3H3,(H,25,30)(H,26,31,32). The molecule has 2 N–H and O–H groups in total. The van der Waals surface area contributed by atoms with Crippen molar-refractivity contribution in [2.45, 2.75) is 59.0 Å². The molecule has 0 saturated heterocycles. The Morgan fingerprint density at radius 3 is 2.75 bits per heavy atom. The average molecular weight is 435 g/mol. The van der Waals surface area contributed by atoms with E-state index in [4.69, 9.17) is 5.26 Å². The smallest absolute Gasteiger partial charge is 0.307 e. The zero-order valence-corrected chi connectivity index (χ0v) is 18.3. The summed E-state index contributed by atoms with van der Waals surface area (Å²) in [5.74, 6) is 0.310. The van der Waals surface area contributed by atoms with Crippen molar-refractivity contribution in [1.82, 2.24) is 24.3 Å². The summed E-state index contributed by atoms with van der Waals surface area (Å²) in [5.41, 5.74) is 0.629. The number of aromatic nitrogens is 5. The van der Waals surface area contributed by atoms with Gasteiger partial charge in [-0.25, -0.2) is 14.5 Å². The van der Waals surface area contributed by atoms with E-state index in [1.807, 2.05) is 13.8 Å². The summed E-state index contributed by atoms with van der Waals surface area (Å²) in [4.78, 5) is 45.6. The van der Waals surface area contributed by atoms with Crippen LogP contribution < -0.4 is 16.6 Å². The molecular weight excluding hydrogens is 410 g/mol. The van der Waals surface area contributed by atoms with E-state index < -0.39 is 17.2 Å². The maximum absolute atomic E-state index is 13.3. The molecule has 166 valence electrons. The maximum atomic E-state index is 13.3. The van der Waals surface area contributed by atoms with E-state index >= 15 is 0 Å². The Labute approximate surface area is 183 Å². The topological polar surface area (TPSA) is 138 Å². The third kappa shape index (κ3) is 4.19. The lowest BCUT2D eigenvalue weighted by atomic mass is 10.1. The molecule has 3 heterocycles. The fourth-order valence-electron chi connectivity index (χ4n) is 3.75. The number of nitrogens with one attached hydrogen (secondary N) is 2. The minimum Gasteiger partial charge on any atom is -0.307 e. The molecule has 1 amide bonds. The molecule has 0 unspecified atom stereocenters. The molecule has 0 aliphatic heterocycles. The second kappa shape index (κ2) is 8.42. The summed E-state index contributed by atoms with van der Waals surface area (Å²) in [6.45, 7) is 6.42. The van der Waals surface area contributed by atoms with Crippen molar-refractivity contribution in [2.75, 3.05) is 5.32 Å². The Bertz CT molecular complexity index is 1350. The highest BCUT2D eigenvalue weighted by Crippen LogP contribution is 2.40. The van der Waals surface area contributed by atoms with Crippen LogP contribution in [-0.4, -0.2) is 30.2 Å². The Balaban J connectivity index is 1.85. The van der Waals surface area contributed by atoms with Gasteiger partial charge < -0.3 is 5.32 Å². The number of carbonyl (C=O) groups is 1. The summed E-state index contributed by atoms with van der Waals surface area (Å²) >= 11 is 0. The summed E-state index contributed by atoms with van der Waals surface area (Å²) in [6.07, 6.45) is 2.16. The van der Waals surface area contributed by atoms with Crippen molar-refractivity contribution in [2.24, 2.45) is 5.92 Å². The van der Waals surface area contributed by atoms with Crippen LogP contribution in [0.1, 0.15) is 60.8 Å². The number of carbonyl (C=O) groups excluding carboxylic acids is 1. The number of hydrogen-bond acceptors (Lipinski definition) is 6. The number of hydrogen-bond donors (Lipinski definition) is 2. The van der Waals surface area contributed by atoms with Crippen LogP contribution in [0.5, 0.6) is 0 Å². The fraction of sp³-hybridized carbons (Fsp3) is 0.455. The van der Waals surface area contributed by atoms with E-state index in [0.717, 1.165) is 12.8 Å². The zero-order valence-electron chi connectivity index (χ0n) is 18.3. The van der Waals surface area contributed by atoms with Gasteiger partial charge >= 0.3 is 5.69 Å². The molecule has 3 aromatic heterocycles. The minimum absolute atomic E-state index is 0.0898. The summed E-state index contributed by atoms with van der Waals surface area (Å²) in [5, 5.41) is 16.1. The molecule has 1 aliphatic rings. The van der Waals surface area contributed by atoms with Crippen LogP contribution in [0.25, 0.3) is 11.0 Å². The van der Waals surface area contributed by atoms with Crippen molar-refractivity contribution >= 4 is 22.8 Å². The third-order valence-corrected chi connectivity index (χ3v) is 5.34. The number of H-pyrrole nitrogens is 1. The molecule has 0 spiro atoms. The number of aromatic amines is 1. The second-order valence-corrected chi connectivity index (χ2v) is 8.59. The van der Waals surface area contributed by atoms with E-state index in [1.54, 1.807) is 23.7 Å². The number of amides is 1. The number of fused-ring (bicyclic) bond motifs is 1.